The van der Waals surface area contributed by atoms with Crippen molar-refractivity contribution < 1.29 is 0 Å². The van der Waals surface area contributed by atoms with Crippen molar-refractivity contribution in [1.82, 2.24) is 4.98 Å². The van der Waals surface area contributed by atoms with Crippen molar-refractivity contribution in [1.29, 1.82) is 0 Å². The van der Waals surface area contributed by atoms with Crippen LogP contribution in [0.3, 0.4) is 0 Å². The first-order chi connectivity index (χ1) is 8.92. The van der Waals surface area contributed by atoms with E-state index in [0.717, 1.165) is 12.1 Å². The van der Waals surface area contributed by atoms with E-state index in [2.05, 4.69) is 71.8 Å². The van der Waals surface area contributed by atoms with Crippen LogP contribution in [0.15, 0.2) is 79.0 Å². The number of benzene rings is 1. The standard InChI is InChI=1S/C17H15N/c1-3-9-15(10-4-1)17(12-6-2-7-13-17)16-11-5-8-14-18-16/h1-12,14H,13H2. The highest BCUT2D eigenvalue weighted by molar-refractivity contribution is 5.44. The van der Waals surface area contributed by atoms with E-state index in [-0.39, 0.29) is 5.41 Å². The number of hydrogen-bond donors (Lipinski definition) is 0. The zero-order chi connectivity index (χ0) is 12.3. The Labute approximate surface area is 108 Å². The van der Waals surface area contributed by atoms with Crippen molar-refractivity contribution in [2.45, 2.75) is 11.8 Å². The molecule has 1 aromatic carbocycles. The second kappa shape index (κ2) is 4.61. The highest BCUT2D eigenvalue weighted by Crippen LogP contribution is 2.37. The zero-order valence-corrected chi connectivity index (χ0v) is 10.2. The molecular formula is C17H15N. The van der Waals surface area contributed by atoms with Gasteiger partial charge < -0.3 is 0 Å². The molecular weight excluding hydrogens is 218 g/mol. The van der Waals surface area contributed by atoms with Gasteiger partial charge in [-0.15, -0.1) is 0 Å². The Morgan fingerprint density at radius 1 is 0.889 bits per heavy atom. The lowest BCUT2D eigenvalue weighted by atomic mass is 9.73. The predicted molar refractivity (Wildman–Crippen MR) is 74.4 cm³/mol. The predicted octanol–water partition coefficient (Wildman–Crippen LogP) is 3.88. The second-order valence-corrected chi connectivity index (χ2v) is 4.54. The molecule has 1 aliphatic carbocycles. The Morgan fingerprint density at radius 3 is 2.39 bits per heavy atom. The molecule has 0 amide bonds. The summed E-state index contributed by atoms with van der Waals surface area (Å²) in [5.74, 6) is 0. The molecule has 1 heteroatoms. The van der Waals surface area contributed by atoms with Crippen LogP contribution in [0, 0.1) is 0 Å². The molecule has 1 nitrogen and oxygen atoms in total. The molecule has 3 rings (SSSR count). The van der Waals surface area contributed by atoms with E-state index in [4.69, 9.17) is 0 Å². The zero-order valence-electron chi connectivity index (χ0n) is 10.2. The van der Waals surface area contributed by atoms with Crippen molar-refractivity contribution >= 4 is 0 Å². The minimum absolute atomic E-state index is 0.114. The number of rotatable bonds is 2. The molecule has 18 heavy (non-hydrogen) atoms. The lowest BCUT2D eigenvalue weighted by molar-refractivity contribution is 0.625. The van der Waals surface area contributed by atoms with Crippen LogP contribution in [0.25, 0.3) is 0 Å². The van der Waals surface area contributed by atoms with Crippen LogP contribution in [-0.2, 0) is 5.41 Å². The van der Waals surface area contributed by atoms with Crippen molar-refractivity contribution in [2.24, 2.45) is 0 Å². The number of allylic oxidation sites excluding steroid dienone is 4. The Balaban J connectivity index is 2.17. The lowest BCUT2D eigenvalue weighted by Gasteiger charge is -2.31. The molecule has 1 atom stereocenters. The number of nitrogens with zero attached hydrogens (tertiary/aromatic N) is 1. The molecule has 0 aliphatic heterocycles. The molecule has 0 radical (unpaired) electrons. The Bertz CT molecular complexity index is 528. The first-order valence-corrected chi connectivity index (χ1v) is 6.23. The summed E-state index contributed by atoms with van der Waals surface area (Å²) in [7, 11) is 0. The van der Waals surface area contributed by atoms with E-state index >= 15 is 0 Å². The van der Waals surface area contributed by atoms with E-state index < -0.39 is 0 Å². The molecule has 1 heterocycles. The molecule has 0 bridgehead atoms. The summed E-state index contributed by atoms with van der Waals surface area (Å²) in [5.41, 5.74) is 2.29. The Kier molecular flexibility index (Phi) is 2.81. The summed E-state index contributed by atoms with van der Waals surface area (Å²) in [6.07, 6.45) is 11.5. The van der Waals surface area contributed by atoms with Gasteiger partial charge in [0.25, 0.3) is 0 Å². The van der Waals surface area contributed by atoms with E-state index in [1.807, 2.05) is 12.3 Å². The highest BCUT2D eigenvalue weighted by atomic mass is 14.7. The summed E-state index contributed by atoms with van der Waals surface area (Å²) < 4.78 is 0. The Hall–Kier alpha value is -2.15. The number of aromatic nitrogens is 1. The molecule has 1 unspecified atom stereocenters. The SMILES string of the molecule is C1=CCC(c2ccccc2)(c2ccccn2)C=C1. The smallest absolute Gasteiger partial charge is 0.0592 e. The van der Waals surface area contributed by atoms with Gasteiger partial charge in [-0.3, -0.25) is 4.98 Å². The topological polar surface area (TPSA) is 12.9 Å². The lowest BCUT2D eigenvalue weighted by Crippen LogP contribution is -2.26. The van der Waals surface area contributed by atoms with Gasteiger partial charge in [-0.05, 0) is 24.1 Å². The van der Waals surface area contributed by atoms with Crippen LogP contribution in [0.4, 0.5) is 0 Å². The maximum Gasteiger partial charge on any atom is 0.0592 e. The number of hydrogen-bond acceptors (Lipinski definition) is 1. The highest BCUT2D eigenvalue weighted by Gasteiger charge is 2.32. The summed E-state index contributed by atoms with van der Waals surface area (Å²) >= 11 is 0. The molecule has 1 aromatic heterocycles. The van der Waals surface area contributed by atoms with Crippen molar-refractivity contribution in [3.8, 4) is 0 Å². The van der Waals surface area contributed by atoms with E-state index in [1.165, 1.54) is 5.56 Å². The van der Waals surface area contributed by atoms with Gasteiger partial charge in [0.05, 0.1) is 11.1 Å². The van der Waals surface area contributed by atoms with E-state index in [9.17, 15) is 0 Å². The van der Waals surface area contributed by atoms with Crippen LogP contribution in [0.5, 0.6) is 0 Å². The third-order valence-electron chi connectivity index (χ3n) is 3.48. The van der Waals surface area contributed by atoms with Crippen LogP contribution in [-0.4, -0.2) is 4.98 Å². The van der Waals surface area contributed by atoms with E-state index in [1.54, 1.807) is 0 Å². The molecule has 0 saturated carbocycles. The van der Waals surface area contributed by atoms with Crippen molar-refractivity contribution in [3.63, 3.8) is 0 Å². The summed E-state index contributed by atoms with van der Waals surface area (Å²) in [6, 6.07) is 16.7. The monoisotopic (exact) mass is 233 g/mol. The molecule has 1 aliphatic rings. The van der Waals surface area contributed by atoms with Gasteiger partial charge in [-0.1, -0.05) is 60.7 Å². The van der Waals surface area contributed by atoms with E-state index in [0.29, 0.717) is 0 Å². The molecule has 88 valence electrons. The normalized spacial score (nSPS) is 22.0. The van der Waals surface area contributed by atoms with Crippen molar-refractivity contribution in [3.05, 3.63) is 90.3 Å². The fourth-order valence-corrected chi connectivity index (χ4v) is 2.53. The molecule has 0 N–H and O–H groups in total. The van der Waals surface area contributed by atoms with Gasteiger partial charge in [0, 0.05) is 6.20 Å². The average Bonchev–Trinajstić information content (AvgIpc) is 2.50. The Morgan fingerprint density at radius 2 is 1.72 bits per heavy atom. The quantitative estimate of drug-likeness (QED) is 0.767. The maximum atomic E-state index is 4.57. The van der Waals surface area contributed by atoms with Gasteiger partial charge in [0.15, 0.2) is 0 Å². The summed E-state index contributed by atoms with van der Waals surface area (Å²) in [4.78, 5) is 4.57. The first kappa shape index (κ1) is 11.0. The van der Waals surface area contributed by atoms with Crippen LogP contribution in [0.1, 0.15) is 17.7 Å². The first-order valence-electron chi connectivity index (χ1n) is 6.23. The maximum absolute atomic E-state index is 4.57. The average molecular weight is 233 g/mol. The third kappa shape index (κ3) is 1.78. The minimum atomic E-state index is -0.114. The molecule has 2 aromatic rings. The van der Waals surface area contributed by atoms with Crippen LogP contribution >= 0.6 is 0 Å². The largest absolute Gasteiger partial charge is 0.260 e. The van der Waals surface area contributed by atoms with Gasteiger partial charge in [-0.25, -0.2) is 0 Å². The van der Waals surface area contributed by atoms with Gasteiger partial charge in [0.2, 0.25) is 0 Å². The van der Waals surface area contributed by atoms with Gasteiger partial charge in [-0.2, -0.15) is 0 Å². The van der Waals surface area contributed by atoms with Gasteiger partial charge >= 0.3 is 0 Å². The summed E-state index contributed by atoms with van der Waals surface area (Å²) in [6.45, 7) is 0. The second-order valence-electron chi connectivity index (χ2n) is 4.54. The molecule has 0 fully saturated rings. The van der Waals surface area contributed by atoms with Crippen LogP contribution in [0.2, 0.25) is 0 Å². The summed E-state index contributed by atoms with van der Waals surface area (Å²) in [5, 5.41) is 0. The minimum Gasteiger partial charge on any atom is -0.260 e. The van der Waals surface area contributed by atoms with Crippen LogP contribution < -0.4 is 0 Å². The van der Waals surface area contributed by atoms with Crippen molar-refractivity contribution in [2.75, 3.05) is 0 Å². The third-order valence-corrected chi connectivity index (χ3v) is 3.48. The van der Waals surface area contributed by atoms with Gasteiger partial charge in [0.1, 0.15) is 0 Å². The molecule has 0 spiro atoms. The number of pyridine rings is 1. The fourth-order valence-electron chi connectivity index (χ4n) is 2.53. The fraction of sp³-hybridized carbons (Fsp3) is 0.118. The molecule has 0 saturated heterocycles.